The molecule has 15 nitrogen and oxygen atoms in total. The number of likely N-dealkylation sites (tertiary alicyclic amines) is 1. The van der Waals surface area contributed by atoms with E-state index in [0.717, 1.165) is 50.0 Å². The van der Waals surface area contributed by atoms with Crippen molar-refractivity contribution in [3.63, 3.8) is 0 Å². The second-order valence-electron chi connectivity index (χ2n) is 20.3. The third-order valence-corrected chi connectivity index (χ3v) is 13.8. The van der Waals surface area contributed by atoms with Crippen molar-refractivity contribution in [1.29, 1.82) is 0 Å². The number of rotatable bonds is 10. The molecule has 15 heteroatoms. The van der Waals surface area contributed by atoms with Crippen LogP contribution in [0.2, 0.25) is 0 Å². The molecule has 4 aromatic rings. The van der Waals surface area contributed by atoms with E-state index in [1.165, 1.54) is 9.91 Å². The number of methoxy groups -OCH3 is 1. The van der Waals surface area contributed by atoms with E-state index in [2.05, 4.69) is 83.2 Å². The van der Waals surface area contributed by atoms with Gasteiger partial charge in [-0.05, 0) is 111 Å². The van der Waals surface area contributed by atoms with Crippen molar-refractivity contribution in [1.82, 2.24) is 40.0 Å². The number of amides is 4. The van der Waals surface area contributed by atoms with Crippen LogP contribution < -0.4 is 10.7 Å². The van der Waals surface area contributed by atoms with Crippen LogP contribution in [-0.2, 0) is 52.8 Å². The van der Waals surface area contributed by atoms with Crippen molar-refractivity contribution in [2.45, 2.75) is 104 Å². The van der Waals surface area contributed by atoms with Gasteiger partial charge in [0.2, 0.25) is 11.8 Å². The number of hydrazine groups is 1. The van der Waals surface area contributed by atoms with Gasteiger partial charge in [0.1, 0.15) is 18.1 Å². The molecule has 2 fully saturated rings. The Kier molecular flexibility index (Phi) is 16.0. The second-order valence-corrected chi connectivity index (χ2v) is 20.3. The second kappa shape index (κ2) is 21.7. The number of esters is 1. The summed E-state index contributed by atoms with van der Waals surface area (Å²) in [7, 11) is 7.07. The Morgan fingerprint density at radius 3 is 2.52 bits per heavy atom. The maximum absolute atomic E-state index is 14.8. The van der Waals surface area contributed by atoms with E-state index in [1.54, 1.807) is 25.3 Å². The lowest BCUT2D eigenvalue weighted by atomic mass is 9.84. The lowest BCUT2D eigenvalue weighted by Gasteiger charge is -2.37. The van der Waals surface area contributed by atoms with Gasteiger partial charge in [-0.2, -0.15) is 0 Å². The topological polar surface area (TPSA) is 159 Å². The van der Waals surface area contributed by atoms with Crippen LogP contribution in [0.4, 0.5) is 0 Å². The number of ether oxygens (including phenoxy) is 2. The van der Waals surface area contributed by atoms with Gasteiger partial charge >= 0.3 is 5.97 Å². The minimum Gasteiger partial charge on any atom is -0.464 e. The molecule has 2 aromatic carbocycles. The van der Waals surface area contributed by atoms with Gasteiger partial charge in [-0.15, -0.1) is 0 Å². The number of hydrogen-bond acceptors (Lipinski definition) is 10. The summed E-state index contributed by atoms with van der Waals surface area (Å²) in [5, 5.41) is 5.59. The molecule has 3 aliphatic rings. The van der Waals surface area contributed by atoms with E-state index < -0.39 is 47.2 Å². The molecular weight excluding hydrogens is 873 g/mol. The normalized spacial score (nSPS) is 20.5. The predicted octanol–water partition coefficient (Wildman–Crippen LogP) is 5.64. The van der Waals surface area contributed by atoms with E-state index >= 15 is 0 Å². The Morgan fingerprint density at radius 1 is 1.03 bits per heavy atom. The lowest BCUT2D eigenvalue weighted by molar-refractivity contribution is -0.155. The van der Waals surface area contributed by atoms with Crippen molar-refractivity contribution < 1.29 is 33.4 Å². The first-order valence-electron chi connectivity index (χ1n) is 24.4. The maximum atomic E-state index is 14.8. The molecule has 5 heterocycles. The van der Waals surface area contributed by atoms with Gasteiger partial charge in [0, 0.05) is 81.0 Å². The van der Waals surface area contributed by atoms with Gasteiger partial charge in [0.15, 0.2) is 0 Å². The van der Waals surface area contributed by atoms with Gasteiger partial charge < -0.3 is 29.2 Å². The number of aromatic nitrogens is 2. The molecule has 3 aliphatic heterocycles. The lowest BCUT2D eigenvalue weighted by Crippen LogP contribution is -2.62. The molecular formula is C54H70N8O7. The van der Waals surface area contributed by atoms with Crippen molar-refractivity contribution >= 4 is 40.5 Å². The van der Waals surface area contributed by atoms with E-state index in [9.17, 15) is 24.0 Å². The molecule has 2 aromatic heterocycles. The van der Waals surface area contributed by atoms with Crippen molar-refractivity contribution in [3.8, 4) is 34.2 Å². The van der Waals surface area contributed by atoms with Crippen LogP contribution in [0.3, 0.4) is 0 Å². The number of nitrogens with zero attached hydrogens (tertiary/aromatic N) is 6. The maximum Gasteiger partial charge on any atom is 0.324 e. The van der Waals surface area contributed by atoms with Crippen LogP contribution in [0.25, 0.3) is 33.3 Å². The Labute approximate surface area is 407 Å². The Balaban J connectivity index is 1.24. The number of aryl methyl sites for hydroxylation is 1. The van der Waals surface area contributed by atoms with Crippen LogP contribution in [0.15, 0.2) is 60.9 Å². The Hall–Kier alpha value is -6.08. The summed E-state index contributed by atoms with van der Waals surface area (Å²) in [5.74, 6) is 2.82. The zero-order valence-electron chi connectivity index (χ0n) is 42.1. The smallest absolute Gasteiger partial charge is 0.324 e. The molecule has 368 valence electrons. The quantitative estimate of drug-likeness (QED) is 0.151. The Bertz CT molecular complexity index is 2630. The highest BCUT2D eigenvalue weighted by Gasteiger charge is 2.40. The minimum atomic E-state index is -1.06. The first-order valence-corrected chi connectivity index (χ1v) is 24.4. The highest BCUT2D eigenvalue weighted by Crippen LogP contribution is 2.42. The number of hydrogen-bond donors (Lipinski definition) is 2. The first kappa shape index (κ1) is 50.8. The predicted molar refractivity (Wildman–Crippen MR) is 266 cm³/mol. The molecule has 2 saturated heterocycles. The zero-order valence-corrected chi connectivity index (χ0v) is 42.1. The molecule has 69 heavy (non-hydrogen) atoms. The highest BCUT2D eigenvalue weighted by atomic mass is 16.5. The summed E-state index contributed by atoms with van der Waals surface area (Å²) in [6.45, 7) is 14.3. The first-order chi connectivity index (χ1) is 32.9. The van der Waals surface area contributed by atoms with Crippen LogP contribution in [0.1, 0.15) is 83.6 Å². The summed E-state index contributed by atoms with van der Waals surface area (Å²) < 4.78 is 14.3. The number of likely N-dealkylation sites (N-methyl/N-ethyl adjacent to an activating group) is 1. The number of fused-ring (bicyclic) bond motifs is 6. The van der Waals surface area contributed by atoms with Gasteiger partial charge in [-0.1, -0.05) is 63.9 Å². The van der Waals surface area contributed by atoms with E-state index in [4.69, 9.17) is 9.47 Å². The van der Waals surface area contributed by atoms with E-state index in [1.807, 2.05) is 64.2 Å². The molecule has 0 spiro atoms. The van der Waals surface area contributed by atoms with Crippen molar-refractivity contribution in [2.75, 3.05) is 61.0 Å². The molecule has 0 saturated carbocycles. The SMILES string of the molecule is CCn1c(-c2cnccc2[C@H](C)OC)c2c3cc(ccc31)-c1cccc(c1)C[C@H](NC(=O)[C@H](C(C)C)N(C)C(=O)[C@H]1CCN(C(=O)C#CCN(C)C)C1)C(=O)N1CCC[C@H](N1)C(=O)OCC(C)(C)C2. The molecule has 6 bridgehead atoms. The van der Waals surface area contributed by atoms with E-state index in [-0.39, 0.29) is 43.4 Å². The average molecular weight is 943 g/mol. The summed E-state index contributed by atoms with van der Waals surface area (Å²) in [6, 6.07) is 13.8. The van der Waals surface area contributed by atoms with E-state index in [0.29, 0.717) is 51.9 Å². The molecule has 0 radical (unpaired) electrons. The summed E-state index contributed by atoms with van der Waals surface area (Å²) in [5.41, 5.74) is 10.6. The third-order valence-electron chi connectivity index (χ3n) is 13.8. The van der Waals surface area contributed by atoms with Crippen LogP contribution >= 0.6 is 0 Å². The standard InChI is InChI=1S/C54H70N8O7/c1-11-61-46-20-19-38-29-41(46)42(49(61)43-31-55-23-21-40(43)35(4)68-10)30-54(5,6)33-69-53(67)44-17-13-25-62(57-44)52(66)45(28-36-15-12-16-37(38)27-36)56-50(64)48(34(2)3)59(9)51(65)39-22-26-60(32-39)47(63)18-14-24-58(7)8/h12,15-16,19-21,23,27,29,31,34-35,39,44-45,48,57H,11,13,17,22,24-26,28,30,32-33H2,1-10H3,(H,56,64)/t35-,39-,44-,45-,48-/m0/s1. The van der Waals surface area contributed by atoms with Gasteiger partial charge in [-0.25, -0.2) is 5.43 Å². The largest absolute Gasteiger partial charge is 0.464 e. The fourth-order valence-electron chi connectivity index (χ4n) is 10.1. The van der Waals surface area contributed by atoms with Gasteiger partial charge in [0.05, 0.1) is 30.9 Å². The molecule has 0 aliphatic carbocycles. The van der Waals surface area contributed by atoms with Crippen LogP contribution in [0.5, 0.6) is 0 Å². The van der Waals surface area contributed by atoms with Crippen molar-refractivity contribution in [2.24, 2.45) is 17.3 Å². The molecule has 4 amide bonds. The molecule has 7 rings (SSSR count). The fourth-order valence-corrected chi connectivity index (χ4v) is 10.1. The summed E-state index contributed by atoms with van der Waals surface area (Å²) >= 11 is 0. The highest BCUT2D eigenvalue weighted by molar-refractivity contribution is 5.97. The number of benzene rings is 2. The molecule has 2 N–H and O–H groups in total. The monoisotopic (exact) mass is 943 g/mol. The average Bonchev–Trinajstić information content (AvgIpc) is 3.95. The van der Waals surface area contributed by atoms with Gasteiger partial charge in [-0.3, -0.25) is 38.9 Å². The van der Waals surface area contributed by atoms with Crippen molar-refractivity contribution in [3.05, 3.63) is 77.6 Å². The minimum absolute atomic E-state index is 0.133. The van der Waals surface area contributed by atoms with Gasteiger partial charge in [0.25, 0.3) is 11.8 Å². The fraction of sp³-hybridized carbons (Fsp3) is 0.519. The van der Waals surface area contributed by atoms with Crippen LogP contribution in [-0.4, -0.2) is 138 Å². The summed E-state index contributed by atoms with van der Waals surface area (Å²) in [6.07, 6.45) is 5.72. The third kappa shape index (κ3) is 11.4. The number of cyclic esters (lactones) is 1. The molecule has 0 unspecified atom stereocenters. The zero-order chi connectivity index (χ0) is 49.7. The molecule has 5 atom stereocenters. The number of pyridine rings is 1. The number of carbonyl (C=O) groups excluding carboxylic acids is 5. The number of nitrogens with one attached hydrogen (secondary N) is 2. The number of carbonyl (C=O) groups is 5. The van der Waals surface area contributed by atoms with Crippen LogP contribution in [0, 0.1) is 29.1 Å². The Morgan fingerprint density at radius 2 is 1.80 bits per heavy atom. The summed E-state index contributed by atoms with van der Waals surface area (Å²) in [4.78, 5) is 79.8.